The highest BCUT2D eigenvalue weighted by Gasteiger charge is 2.33. The van der Waals surface area contributed by atoms with Crippen molar-refractivity contribution < 1.29 is 32.6 Å². The first kappa shape index (κ1) is 16.0. The predicted octanol–water partition coefficient (Wildman–Crippen LogP) is 3.45. The molecule has 0 bridgehead atoms. The Labute approximate surface area is 134 Å². The highest BCUT2D eigenvalue weighted by molar-refractivity contribution is 5.98. The van der Waals surface area contributed by atoms with Gasteiger partial charge in [0.15, 0.2) is 23.2 Å². The van der Waals surface area contributed by atoms with Crippen LogP contribution in [0.5, 0.6) is 11.5 Å². The molecule has 7 heteroatoms. The van der Waals surface area contributed by atoms with E-state index in [0.717, 1.165) is 12.1 Å². The third-order valence-electron chi connectivity index (χ3n) is 3.91. The summed E-state index contributed by atoms with van der Waals surface area (Å²) in [4.78, 5) is 23.3. The number of hydrogen-bond donors (Lipinski definition) is 1. The van der Waals surface area contributed by atoms with E-state index in [4.69, 9.17) is 4.74 Å². The molecule has 0 aromatic heterocycles. The van der Waals surface area contributed by atoms with Crippen LogP contribution in [-0.4, -0.2) is 16.9 Å². The van der Waals surface area contributed by atoms with Crippen LogP contribution in [0.25, 0.3) is 0 Å². The fourth-order valence-corrected chi connectivity index (χ4v) is 2.79. The maximum atomic E-state index is 13.5. The van der Waals surface area contributed by atoms with Gasteiger partial charge in [-0.2, -0.15) is 0 Å². The van der Waals surface area contributed by atoms with E-state index in [1.54, 1.807) is 0 Å². The second-order valence-electron chi connectivity index (χ2n) is 5.46. The van der Waals surface area contributed by atoms with Gasteiger partial charge >= 0.3 is 5.97 Å². The van der Waals surface area contributed by atoms with Gasteiger partial charge in [0.1, 0.15) is 11.5 Å². The van der Waals surface area contributed by atoms with Crippen molar-refractivity contribution in [2.45, 2.75) is 19.3 Å². The molecule has 2 aromatic carbocycles. The Bertz CT molecular complexity index is 853. The number of phenolic OH excluding ortho intramolecular Hbond substituents is 1. The average molecular weight is 336 g/mol. The summed E-state index contributed by atoms with van der Waals surface area (Å²) >= 11 is 0. The van der Waals surface area contributed by atoms with Crippen LogP contribution in [0.4, 0.5) is 13.2 Å². The van der Waals surface area contributed by atoms with E-state index in [1.807, 2.05) is 0 Å². The molecule has 4 nitrogen and oxygen atoms in total. The molecule has 1 N–H and O–H groups in total. The Balaban J connectivity index is 2.23. The second kappa shape index (κ2) is 5.67. The minimum atomic E-state index is -1.63. The molecule has 0 saturated carbocycles. The average Bonchev–Trinajstić information content (AvgIpc) is 2.51. The van der Waals surface area contributed by atoms with Gasteiger partial charge in [0.05, 0.1) is 12.0 Å². The topological polar surface area (TPSA) is 63.6 Å². The van der Waals surface area contributed by atoms with Crippen LogP contribution in [0.2, 0.25) is 0 Å². The minimum Gasteiger partial charge on any atom is -0.507 e. The number of esters is 1. The number of rotatable bonds is 2. The lowest BCUT2D eigenvalue weighted by atomic mass is 9.84. The van der Waals surface area contributed by atoms with Crippen LogP contribution in [0, 0.1) is 17.5 Å². The lowest BCUT2D eigenvalue weighted by Gasteiger charge is -2.26. The number of carbonyl (C=O) groups excluding carboxylic acids is 2. The molecule has 0 fully saturated rings. The molecule has 1 aliphatic rings. The molecule has 1 aliphatic heterocycles. The Morgan fingerprint density at radius 2 is 1.83 bits per heavy atom. The van der Waals surface area contributed by atoms with Gasteiger partial charge in [-0.05, 0) is 36.8 Å². The van der Waals surface area contributed by atoms with Gasteiger partial charge in [0, 0.05) is 11.5 Å². The van der Waals surface area contributed by atoms with Crippen LogP contribution < -0.4 is 4.74 Å². The number of fused-ring (bicyclic) bond motifs is 1. The summed E-state index contributed by atoms with van der Waals surface area (Å²) in [5.41, 5.74) is 0.00719. The largest absolute Gasteiger partial charge is 0.507 e. The SMILES string of the molecule is CC(=O)c1ccc2c(c1O)[C@@H](c1cc(F)c(F)c(F)c1)CC(=O)O2. The first-order valence-corrected chi connectivity index (χ1v) is 7.01. The van der Waals surface area contributed by atoms with Gasteiger partial charge in [-0.25, -0.2) is 13.2 Å². The molecule has 24 heavy (non-hydrogen) atoms. The number of hydrogen-bond acceptors (Lipinski definition) is 4. The molecule has 0 unspecified atom stereocenters. The lowest BCUT2D eigenvalue weighted by molar-refractivity contribution is -0.135. The summed E-state index contributed by atoms with van der Waals surface area (Å²) in [6.07, 6.45) is -0.313. The molecule has 1 heterocycles. The van der Waals surface area contributed by atoms with Crippen LogP contribution >= 0.6 is 0 Å². The standard InChI is InChI=1S/C17H11F3O4/c1-7(21)9-2-3-13-15(17(9)23)10(6-14(22)24-13)8-4-11(18)16(20)12(19)5-8/h2-5,10,23H,6H2,1H3/t10-/m1/s1. The molecular weight excluding hydrogens is 325 g/mol. The number of Topliss-reactive ketones (excluding diaryl/α,β-unsaturated/α-hetero) is 1. The molecule has 0 radical (unpaired) electrons. The number of carbonyl (C=O) groups is 2. The van der Waals surface area contributed by atoms with E-state index in [2.05, 4.69) is 0 Å². The van der Waals surface area contributed by atoms with Crippen LogP contribution in [0.3, 0.4) is 0 Å². The smallest absolute Gasteiger partial charge is 0.312 e. The van der Waals surface area contributed by atoms with Gasteiger partial charge < -0.3 is 9.84 Å². The summed E-state index contributed by atoms with van der Waals surface area (Å²) in [7, 11) is 0. The fourth-order valence-electron chi connectivity index (χ4n) is 2.79. The molecule has 0 spiro atoms. The van der Waals surface area contributed by atoms with Crippen molar-refractivity contribution in [2.75, 3.05) is 0 Å². The van der Waals surface area contributed by atoms with Crippen molar-refractivity contribution in [3.05, 3.63) is 58.4 Å². The summed E-state index contributed by atoms with van der Waals surface area (Å²) < 4.78 is 45.2. The second-order valence-corrected chi connectivity index (χ2v) is 5.46. The van der Waals surface area contributed by atoms with Crippen molar-refractivity contribution in [2.24, 2.45) is 0 Å². The van der Waals surface area contributed by atoms with E-state index in [9.17, 15) is 27.9 Å². The number of phenols is 1. The van der Waals surface area contributed by atoms with Crippen LogP contribution in [0.1, 0.15) is 40.7 Å². The van der Waals surface area contributed by atoms with Crippen molar-refractivity contribution in [3.63, 3.8) is 0 Å². The molecule has 0 amide bonds. The van der Waals surface area contributed by atoms with E-state index in [1.165, 1.54) is 19.1 Å². The first-order chi connectivity index (χ1) is 11.3. The number of benzene rings is 2. The van der Waals surface area contributed by atoms with Crippen molar-refractivity contribution in [1.29, 1.82) is 0 Å². The molecule has 3 rings (SSSR count). The summed E-state index contributed by atoms with van der Waals surface area (Å²) in [6.45, 7) is 1.24. The van der Waals surface area contributed by atoms with Crippen LogP contribution in [0.15, 0.2) is 24.3 Å². The summed E-state index contributed by atoms with van der Waals surface area (Å²) in [6, 6.07) is 4.13. The Kier molecular flexibility index (Phi) is 3.79. The van der Waals surface area contributed by atoms with Gasteiger partial charge in [0.2, 0.25) is 0 Å². The van der Waals surface area contributed by atoms with Gasteiger partial charge in [-0.1, -0.05) is 0 Å². The Morgan fingerprint density at radius 1 is 1.21 bits per heavy atom. The number of ether oxygens (including phenoxy) is 1. The van der Waals surface area contributed by atoms with E-state index in [0.29, 0.717) is 0 Å². The van der Waals surface area contributed by atoms with Gasteiger partial charge in [0.25, 0.3) is 0 Å². The number of ketones is 1. The first-order valence-electron chi connectivity index (χ1n) is 7.01. The highest BCUT2D eigenvalue weighted by Crippen LogP contribution is 2.45. The lowest BCUT2D eigenvalue weighted by Crippen LogP contribution is -2.22. The quantitative estimate of drug-likeness (QED) is 0.395. The Hall–Kier alpha value is -2.83. The maximum Gasteiger partial charge on any atom is 0.312 e. The van der Waals surface area contributed by atoms with Crippen molar-refractivity contribution >= 4 is 11.8 Å². The monoisotopic (exact) mass is 336 g/mol. The Morgan fingerprint density at radius 3 is 2.42 bits per heavy atom. The molecule has 124 valence electrons. The summed E-state index contributed by atoms with van der Waals surface area (Å²) in [5.74, 6) is -6.95. The zero-order valence-electron chi connectivity index (χ0n) is 12.4. The third kappa shape index (κ3) is 2.51. The van der Waals surface area contributed by atoms with Gasteiger partial charge in [-0.15, -0.1) is 0 Å². The molecule has 1 atom stereocenters. The van der Waals surface area contributed by atoms with Crippen molar-refractivity contribution in [1.82, 2.24) is 0 Å². The maximum absolute atomic E-state index is 13.5. The summed E-state index contributed by atoms with van der Waals surface area (Å²) in [5, 5.41) is 10.3. The van der Waals surface area contributed by atoms with E-state index >= 15 is 0 Å². The number of halogens is 3. The number of aromatic hydroxyl groups is 1. The molecule has 0 saturated heterocycles. The van der Waals surface area contributed by atoms with Crippen LogP contribution in [-0.2, 0) is 4.79 Å². The van der Waals surface area contributed by atoms with E-state index in [-0.39, 0.29) is 28.9 Å². The highest BCUT2D eigenvalue weighted by atomic mass is 19.2. The zero-order chi connectivity index (χ0) is 17.6. The normalized spacial score (nSPS) is 16.5. The molecular formula is C17H11F3O4. The van der Waals surface area contributed by atoms with E-state index < -0.39 is 40.9 Å². The zero-order valence-corrected chi connectivity index (χ0v) is 12.4. The van der Waals surface area contributed by atoms with Gasteiger partial charge in [-0.3, -0.25) is 9.59 Å². The minimum absolute atomic E-state index is 0.0103. The third-order valence-corrected chi connectivity index (χ3v) is 3.91. The molecule has 0 aliphatic carbocycles. The molecule has 2 aromatic rings. The predicted molar refractivity (Wildman–Crippen MR) is 76.5 cm³/mol. The fraction of sp³-hybridized carbons (Fsp3) is 0.176. The van der Waals surface area contributed by atoms with Crippen molar-refractivity contribution in [3.8, 4) is 11.5 Å².